The van der Waals surface area contributed by atoms with Gasteiger partial charge >= 0.3 is 6.03 Å². The van der Waals surface area contributed by atoms with Gasteiger partial charge in [0.15, 0.2) is 11.5 Å². The first-order valence-corrected chi connectivity index (χ1v) is 9.62. The Balaban J connectivity index is 1.18. The van der Waals surface area contributed by atoms with Crippen LogP contribution >= 0.6 is 0 Å². The van der Waals surface area contributed by atoms with Crippen LogP contribution in [0.5, 0.6) is 11.5 Å². The van der Waals surface area contributed by atoms with E-state index in [9.17, 15) is 4.79 Å². The normalized spacial score (nSPS) is 22.6. The fourth-order valence-electron chi connectivity index (χ4n) is 3.86. The smallest absolute Gasteiger partial charge is 0.317 e. The summed E-state index contributed by atoms with van der Waals surface area (Å²) in [6, 6.07) is 6.20. The van der Waals surface area contributed by atoms with E-state index in [1.807, 2.05) is 11.0 Å². The van der Waals surface area contributed by atoms with Crippen molar-refractivity contribution in [2.24, 2.45) is 5.92 Å². The molecule has 1 atom stereocenters. The monoisotopic (exact) mass is 360 g/mol. The number of carbonyl (C=O) groups excluding carboxylic acids is 1. The summed E-state index contributed by atoms with van der Waals surface area (Å²) in [7, 11) is 0. The zero-order valence-electron chi connectivity index (χ0n) is 15.2. The Labute approximate surface area is 154 Å². The lowest BCUT2D eigenvalue weighted by Crippen LogP contribution is -2.51. The molecule has 0 saturated carbocycles. The van der Waals surface area contributed by atoms with Gasteiger partial charge in [-0.15, -0.1) is 0 Å². The summed E-state index contributed by atoms with van der Waals surface area (Å²) in [5.41, 5.74) is 1.22. The molecule has 3 aliphatic rings. The van der Waals surface area contributed by atoms with E-state index >= 15 is 0 Å². The molecule has 2 amide bonds. The molecule has 3 heterocycles. The zero-order valence-corrected chi connectivity index (χ0v) is 15.2. The van der Waals surface area contributed by atoms with E-state index in [1.54, 1.807) is 0 Å². The van der Waals surface area contributed by atoms with E-state index in [0.717, 1.165) is 70.3 Å². The number of ether oxygens (including phenoxy) is 2. The molecule has 2 N–H and O–H groups in total. The highest BCUT2D eigenvalue weighted by Crippen LogP contribution is 2.32. The number of urea groups is 1. The standard InChI is InChI=1S/C19H28N4O3/c24-19(21-6-4-15-3-5-20-12-15)23-9-7-22(8-10-23)13-16-1-2-17-18(11-16)26-14-25-17/h1-2,11,15,20H,3-10,12-14H2,(H,21,24). The molecule has 1 unspecified atom stereocenters. The average Bonchev–Trinajstić information content (AvgIpc) is 3.33. The average molecular weight is 360 g/mol. The first kappa shape index (κ1) is 17.4. The molecular formula is C19H28N4O3. The van der Waals surface area contributed by atoms with Crippen molar-refractivity contribution in [3.8, 4) is 11.5 Å². The van der Waals surface area contributed by atoms with Gasteiger partial charge in [0.1, 0.15) is 0 Å². The maximum atomic E-state index is 12.3. The number of benzene rings is 1. The van der Waals surface area contributed by atoms with Crippen molar-refractivity contribution in [3.05, 3.63) is 23.8 Å². The molecule has 7 nitrogen and oxygen atoms in total. The van der Waals surface area contributed by atoms with Crippen molar-refractivity contribution in [2.75, 3.05) is 52.6 Å². The largest absolute Gasteiger partial charge is 0.454 e. The van der Waals surface area contributed by atoms with Crippen LogP contribution in [0.15, 0.2) is 18.2 Å². The molecule has 142 valence electrons. The minimum absolute atomic E-state index is 0.0821. The van der Waals surface area contributed by atoms with Crippen LogP contribution in [0, 0.1) is 5.92 Å². The molecular weight excluding hydrogens is 332 g/mol. The fraction of sp³-hybridized carbons (Fsp3) is 0.632. The van der Waals surface area contributed by atoms with Crippen molar-refractivity contribution in [1.82, 2.24) is 20.4 Å². The summed E-state index contributed by atoms with van der Waals surface area (Å²) >= 11 is 0. The molecule has 2 fully saturated rings. The predicted octanol–water partition coefficient (Wildman–Crippen LogP) is 1.24. The predicted molar refractivity (Wildman–Crippen MR) is 98.4 cm³/mol. The van der Waals surface area contributed by atoms with Gasteiger partial charge in [-0.3, -0.25) is 4.90 Å². The molecule has 3 aliphatic heterocycles. The molecule has 0 radical (unpaired) electrons. The van der Waals surface area contributed by atoms with E-state index in [2.05, 4.69) is 27.7 Å². The van der Waals surface area contributed by atoms with Gasteiger partial charge in [0.05, 0.1) is 0 Å². The lowest BCUT2D eigenvalue weighted by Gasteiger charge is -2.34. The van der Waals surface area contributed by atoms with Crippen LogP contribution in [-0.4, -0.2) is 68.4 Å². The van der Waals surface area contributed by atoms with Gasteiger partial charge in [0, 0.05) is 39.3 Å². The van der Waals surface area contributed by atoms with E-state index in [4.69, 9.17) is 9.47 Å². The first-order valence-electron chi connectivity index (χ1n) is 9.62. The molecule has 1 aromatic carbocycles. The second-order valence-electron chi connectivity index (χ2n) is 7.33. The third-order valence-electron chi connectivity index (χ3n) is 5.49. The highest BCUT2D eigenvalue weighted by molar-refractivity contribution is 5.74. The van der Waals surface area contributed by atoms with Crippen molar-refractivity contribution < 1.29 is 14.3 Å². The number of rotatable bonds is 5. The van der Waals surface area contributed by atoms with Crippen LogP contribution in [0.25, 0.3) is 0 Å². The SMILES string of the molecule is O=C(NCCC1CCNC1)N1CCN(Cc2ccc3c(c2)OCO3)CC1. The number of amides is 2. The lowest BCUT2D eigenvalue weighted by molar-refractivity contribution is 0.135. The number of hydrogen-bond donors (Lipinski definition) is 2. The maximum Gasteiger partial charge on any atom is 0.317 e. The number of nitrogens with zero attached hydrogens (tertiary/aromatic N) is 2. The zero-order chi connectivity index (χ0) is 17.8. The Kier molecular flexibility index (Phi) is 5.45. The molecule has 26 heavy (non-hydrogen) atoms. The Bertz CT molecular complexity index is 625. The highest BCUT2D eigenvalue weighted by atomic mass is 16.7. The number of hydrogen-bond acceptors (Lipinski definition) is 5. The second kappa shape index (κ2) is 8.14. The van der Waals surface area contributed by atoms with Crippen molar-refractivity contribution in [1.29, 1.82) is 0 Å². The van der Waals surface area contributed by atoms with Crippen LogP contribution in [0.4, 0.5) is 4.79 Å². The van der Waals surface area contributed by atoms with Crippen LogP contribution in [0.2, 0.25) is 0 Å². The van der Waals surface area contributed by atoms with E-state index in [0.29, 0.717) is 12.7 Å². The number of fused-ring (bicyclic) bond motifs is 1. The summed E-state index contributed by atoms with van der Waals surface area (Å²) in [5.74, 6) is 2.37. The third-order valence-corrected chi connectivity index (χ3v) is 5.49. The summed E-state index contributed by atoms with van der Waals surface area (Å²) in [6.45, 7) is 7.52. The molecule has 1 aromatic rings. The number of piperazine rings is 1. The Hall–Kier alpha value is -1.99. The number of nitrogens with one attached hydrogen (secondary N) is 2. The van der Waals surface area contributed by atoms with Gasteiger partial charge in [-0.25, -0.2) is 4.79 Å². The molecule has 0 aromatic heterocycles. The van der Waals surface area contributed by atoms with E-state index < -0.39 is 0 Å². The Morgan fingerprint density at radius 2 is 2.04 bits per heavy atom. The van der Waals surface area contributed by atoms with Crippen molar-refractivity contribution >= 4 is 6.03 Å². The minimum atomic E-state index is 0.0821. The highest BCUT2D eigenvalue weighted by Gasteiger charge is 2.22. The summed E-state index contributed by atoms with van der Waals surface area (Å²) in [4.78, 5) is 16.6. The summed E-state index contributed by atoms with van der Waals surface area (Å²) in [6.07, 6.45) is 2.30. The molecule has 0 bridgehead atoms. The van der Waals surface area contributed by atoms with Crippen LogP contribution in [0.1, 0.15) is 18.4 Å². The van der Waals surface area contributed by atoms with Crippen molar-refractivity contribution in [3.63, 3.8) is 0 Å². The van der Waals surface area contributed by atoms with Gasteiger partial charge < -0.3 is 25.0 Å². The summed E-state index contributed by atoms with van der Waals surface area (Å²) in [5, 5.41) is 6.45. The van der Waals surface area contributed by atoms with Gasteiger partial charge in [0.2, 0.25) is 6.79 Å². The van der Waals surface area contributed by atoms with Crippen LogP contribution in [0.3, 0.4) is 0 Å². The van der Waals surface area contributed by atoms with E-state index in [-0.39, 0.29) is 6.03 Å². The molecule has 0 aliphatic carbocycles. The van der Waals surface area contributed by atoms with Gasteiger partial charge in [-0.05, 0) is 49.5 Å². The van der Waals surface area contributed by atoms with Crippen LogP contribution in [-0.2, 0) is 6.54 Å². The molecule has 4 rings (SSSR count). The van der Waals surface area contributed by atoms with Gasteiger partial charge in [-0.2, -0.15) is 0 Å². The summed E-state index contributed by atoms with van der Waals surface area (Å²) < 4.78 is 10.8. The number of carbonyl (C=O) groups is 1. The second-order valence-corrected chi connectivity index (χ2v) is 7.33. The molecule has 2 saturated heterocycles. The molecule has 7 heteroatoms. The lowest BCUT2D eigenvalue weighted by atomic mass is 10.1. The third kappa shape index (κ3) is 4.22. The quantitative estimate of drug-likeness (QED) is 0.827. The van der Waals surface area contributed by atoms with Gasteiger partial charge in [-0.1, -0.05) is 6.07 Å². The fourth-order valence-corrected chi connectivity index (χ4v) is 3.86. The Morgan fingerprint density at radius 3 is 2.85 bits per heavy atom. The van der Waals surface area contributed by atoms with Crippen LogP contribution < -0.4 is 20.1 Å². The maximum absolute atomic E-state index is 12.3. The first-order chi connectivity index (χ1) is 12.8. The minimum Gasteiger partial charge on any atom is -0.454 e. The Morgan fingerprint density at radius 1 is 1.19 bits per heavy atom. The van der Waals surface area contributed by atoms with Gasteiger partial charge in [0.25, 0.3) is 0 Å². The van der Waals surface area contributed by atoms with Crippen molar-refractivity contribution in [2.45, 2.75) is 19.4 Å². The molecule has 0 spiro atoms. The van der Waals surface area contributed by atoms with E-state index in [1.165, 1.54) is 12.0 Å². The topological polar surface area (TPSA) is 66.1 Å².